The van der Waals surface area contributed by atoms with Crippen molar-refractivity contribution in [2.75, 3.05) is 19.6 Å². The van der Waals surface area contributed by atoms with Gasteiger partial charge in [-0.2, -0.15) is 0 Å². The first-order valence-corrected chi connectivity index (χ1v) is 4.26. The zero-order chi connectivity index (χ0) is 10.1. The first-order chi connectivity index (χ1) is 6.16. The molecule has 0 aliphatic rings. The Bertz CT molecular complexity index is 181. The minimum absolute atomic E-state index is 0.0888. The Balaban J connectivity index is 3.47. The van der Waals surface area contributed by atoms with Crippen molar-refractivity contribution >= 4 is 11.9 Å². The quantitative estimate of drug-likeness (QED) is 0.239. The fraction of sp³-hybridized carbons (Fsp3) is 0.714. The van der Waals surface area contributed by atoms with Gasteiger partial charge in [-0.3, -0.25) is 9.98 Å². The van der Waals surface area contributed by atoms with Crippen LogP contribution in [0, 0.1) is 0 Å². The lowest BCUT2D eigenvalue weighted by atomic mass is 10.5. The summed E-state index contributed by atoms with van der Waals surface area (Å²) in [6, 6.07) is 0. The van der Waals surface area contributed by atoms with Crippen LogP contribution in [0.2, 0.25) is 0 Å². The second kappa shape index (κ2) is 7.20. The molecule has 6 heteroatoms. The zero-order valence-corrected chi connectivity index (χ0v) is 7.95. The smallest absolute Gasteiger partial charge is 0.188 e. The summed E-state index contributed by atoms with van der Waals surface area (Å²) in [7, 11) is 0. The topological polar surface area (TPSA) is 115 Å². The van der Waals surface area contributed by atoms with Gasteiger partial charge >= 0.3 is 0 Å². The number of nitrogens with zero attached hydrogens (tertiary/aromatic N) is 2. The van der Waals surface area contributed by atoms with Crippen molar-refractivity contribution in [2.24, 2.45) is 27.2 Å². The summed E-state index contributed by atoms with van der Waals surface area (Å²) in [4.78, 5) is 7.81. The van der Waals surface area contributed by atoms with E-state index in [1.807, 2.05) is 6.92 Å². The van der Waals surface area contributed by atoms with E-state index < -0.39 is 0 Å². The van der Waals surface area contributed by atoms with E-state index in [0.717, 1.165) is 13.0 Å². The molecule has 0 bridgehead atoms. The highest BCUT2D eigenvalue weighted by molar-refractivity contribution is 5.78. The van der Waals surface area contributed by atoms with Crippen molar-refractivity contribution in [3.05, 3.63) is 0 Å². The molecule has 0 fully saturated rings. The Labute approximate surface area is 78.3 Å². The predicted molar refractivity (Wildman–Crippen MR) is 55.5 cm³/mol. The highest BCUT2D eigenvalue weighted by Crippen LogP contribution is 1.76. The Hall–Kier alpha value is -1.46. The molecule has 0 saturated heterocycles. The van der Waals surface area contributed by atoms with Gasteiger partial charge in [0.15, 0.2) is 11.9 Å². The molecule has 13 heavy (non-hydrogen) atoms. The molecule has 0 spiro atoms. The summed E-state index contributed by atoms with van der Waals surface area (Å²) < 4.78 is 0. The minimum Gasteiger partial charge on any atom is -0.370 e. The molecule has 0 radical (unpaired) electrons. The summed E-state index contributed by atoms with van der Waals surface area (Å²) in [5.74, 6) is 0.526. The summed E-state index contributed by atoms with van der Waals surface area (Å²) in [5.41, 5.74) is 15.8. The van der Waals surface area contributed by atoms with Gasteiger partial charge in [0.2, 0.25) is 0 Å². The first-order valence-electron chi connectivity index (χ1n) is 4.26. The van der Waals surface area contributed by atoms with E-state index in [0.29, 0.717) is 19.0 Å². The van der Waals surface area contributed by atoms with Gasteiger partial charge in [-0.05, 0) is 6.42 Å². The molecule has 0 aromatic heterocycles. The van der Waals surface area contributed by atoms with Crippen LogP contribution in [0.4, 0.5) is 0 Å². The van der Waals surface area contributed by atoms with Crippen LogP contribution in [0.15, 0.2) is 9.98 Å². The molecule has 7 N–H and O–H groups in total. The van der Waals surface area contributed by atoms with Crippen LogP contribution < -0.4 is 22.5 Å². The van der Waals surface area contributed by atoms with Gasteiger partial charge in [0.1, 0.15) is 0 Å². The highest BCUT2D eigenvalue weighted by Gasteiger charge is 1.88. The van der Waals surface area contributed by atoms with E-state index in [1.165, 1.54) is 0 Å². The number of aliphatic imine (C=N–C) groups is 2. The highest BCUT2D eigenvalue weighted by atomic mass is 15.1. The molecular formula is C7H18N6. The summed E-state index contributed by atoms with van der Waals surface area (Å²) >= 11 is 0. The number of rotatable bonds is 5. The van der Waals surface area contributed by atoms with Crippen LogP contribution in [0.5, 0.6) is 0 Å². The fourth-order valence-corrected chi connectivity index (χ4v) is 0.657. The summed E-state index contributed by atoms with van der Waals surface area (Å²) in [6.45, 7) is 3.87. The molecule has 76 valence electrons. The Morgan fingerprint density at radius 2 is 1.85 bits per heavy atom. The Morgan fingerprint density at radius 1 is 1.15 bits per heavy atom. The normalized spacial score (nSPS) is 11.0. The maximum Gasteiger partial charge on any atom is 0.188 e. The molecule has 0 atom stereocenters. The molecule has 0 saturated carbocycles. The van der Waals surface area contributed by atoms with Crippen molar-refractivity contribution in [1.82, 2.24) is 5.32 Å². The van der Waals surface area contributed by atoms with Crippen molar-refractivity contribution < 1.29 is 0 Å². The van der Waals surface area contributed by atoms with E-state index in [4.69, 9.17) is 17.2 Å². The second-order valence-electron chi connectivity index (χ2n) is 2.50. The van der Waals surface area contributed by atoms with Crippen LogP contribution in [0.1, 0.15) is 13.3 Å². The molecule has 0 aromatic rings. The van der Waals surface area contributed by atoms with E-state index in [9.17, 15) is 0 Å². The maximum atomic E-state index is 5.50. The molecule has 0 rings (SSSR count). The molecule has 6 nitrogen and oxygen atoms in total. The van der Waals surface area contributed by atoms with Gasteiger partial charge in [0.25, 0.3) is 0 Å². The van der Waals surface area contributed by atoms with Crippen LogP contribution in [-0.2, 0) is 0 Å². The molecule has 0 aliphatic heterocycles. The monoisotopic (exact) mass is 186 g/mol. The van der Waals surface area contributed by atoms with Gasteiger partial charge in [0.05, 0.1) is 6.54 Å². The lowest BCUT2D eigenvalue weighted by molar-refractivity contribution is 0.846. The number of nitrogens with two attached hydrogens (primary N) is 3. The van der Waals surface area contributed by atoms with Crippen LogP contribution in [0.25, 0.3) is 0 Å². The lowest BCUT2D eigenvalue weighted by Crippen LogP contribution is -2.34. The van der Waals surface area contributed by atoms with E-state index in [2.05, 4.69) is 15.3 Å². The summed E-state index contributed by atoms with van der Waals surface area (Å²) in [6.07, 6.45) is 0.982. The van der Waals surface area contributed by atoms with Crippen molar-refractivity contribution in [3.8, 4) is 0 Å². The van der Waals surface area contributed by atoms with Gasteiger partial charge in [-0.1, -0.05) is 6.92 Å². The summed E-state index contributed by atoms with van der Waals surface area (Å²) in [5, 5.41) is 2.88. The molecule has 0 aromatic carbocycles. The number of nitrogens with one attached hydrogen (secondary N) is 1. The maximum absolute atomic E-state index is 5.50. The second-order valence-corrected chi connectivity index (χ2v) is 2.50. The molecule has 0 amide bonds. The van der Waals surface area contributed by atoms with E-state index in [-0.39, 0.29) is 5.96 Å². The average Bonchev–Trinajstić information content (AvgIpc) is 2.08. The zero-order valence-electron chi connectivity index (χ0n) is 7.95. The van der Waals surface area contributed by atoms with Crippen LogP contribution in [0.3, 0.4) is 0 Å². The Morgan fingerprint density at radius 3 is 2.38 bits per heavy atom. The minimum atomic E-state index is 0.0888. The molecular weight excluding hydrogens is 168 g/mol. The molecule has 0 aliphatic carbocycles. The third kappa shape index (κ3) is 8.45. The van der Waals surface area contributed by atoms with Gasteiger partial charge in [-0.25, -0.2) is 0 Å². The van der Waals surface area contributed by atoms with Crippen molar-refractivity contribution in [1.29, 1.82) is 0 Å². The standard InChI is InChI=1S/C7H18N6/c1-2-3-12-7(10)13-5-4-11-6(8)9/h2-5H2,1H3,(H4,8,9,11)(H3,10,12,13). The van der Waals surface area contributed by atoms with Gasteiger partial charge in [0, 0.05) is 13.1 Å². The lowest BCUT2D eigenvalue weighted by Gasteiger charge is -2.02. The molecule has 0 unspecified atom stereocenters. The third-order valence-electron chi connectivity index (χ3n) is 1.22. The van der Waals surface area contributed by atoms with Crippen molar-refractivity contribution in [2.45, 2.75) is 13.3 Å². The van der Waals surface area contributed by atoms with Gasteiger partial charge < -0.3 is 22.5 Å². The first kappa shape index (κ1) is 11.5. The third-order valence-corrected chi connectivity index (χ3v) is 1.22. The Kier molecular flexibility index (Phi) is 6.39. The average molecular weight is 186 g/mol. The van der Waals surface area contributed by atoms with Crippen LogP contribution >= 0.6 is 0 Å². The predicted octanol–water partition coefficient (Wildman–Crippen LogP) is -1.43. The van der Waals surface area contributed by atoms with Crippen molar-refractivity contribution in [3.63, 3.8) is 0 Å². The van der Waals surface area contributed by atoms with Gasteiger partial charge in [-0.15, -0.1) is 0 Å². The number of guanidine groups is 2. The SMILES string of the molecule is CCCN=C(N)NCCN=C(N)N. The molecule has 0 heterocycles. The van der Waals surface area contributed by atoms with E-state index >= 15 is 0 Å². The largest absolute Gasteiger partial charge is 0.370 e. The number of hydrogen-bond acceptors (Lipinski definition) is 2. The number of hydrogen-bond donors (Lipinski definition) is 4. The van der Waals surface area contributed by atoms with E-state index in [1.54, 1.807) is 0 Å². The fourth-order valence-electron chi connectivity index (χ4n) is 0.657. The van der Waals surface area contributed by atoms with Crippen LogP contribution in [-0.4, -0.2) is 31.6 Å².